The number of benzene rings is 2. The van der Waals surface area contributed by atoms with E-state index in [0.717, 1.165) is 36.2 Å². The molecular formula is C23H23F3N4O. The molecule has 5 nitrogen and oxygen atoms in total. The van der Waals surface area contributed by atoms with Gasteiger partial charge in [0.05, 0.1) is 17.3 Å². The van der Waals surface area contributed by atoms with E-state index in [-0.39, 0.29) is 5.69 Å². The van der Waals surface area contributed by atoms with Crippen LogP contribution in [0, 0.1) is 0 Å². The number of hydrogen-bond donors (Lipinski definition) is 2. The van der Waals surface area contributed by atoms with Crippen molar-refractivity contribution in [2.75, 3.05) is 10.6 Å². The summed E-state index contributed by atoms with van der Waals surface area (Å²) in [6.07, 6.45) is 3.63. The molecule has 3 aromatic rings. The number of nitrogens with zero attached hydrogens (tertiary/aromatic N) is 2. The molecule has 2 N–H and O–H groups in total. The number of aromatic nitrogens is 2. The Bertz CT molecular complexity index is 1040. The van der Waals surface area contributed by atoms with Gasteiger partial charge in [0.15, 0.2) is 0 Å². The number of carbonyl (C=O) groups excluding carboxylic acids is 1. The van der Waals surface area contributed by atoms with E-state index in [1.54, 1.807) is 12.1 Å². The molecule has 0 unspecified atom stereocenters. The molecule has 1 heterocycles. The SMILES string of the molecule is O=C(Nc1ccc(-c2ccn(C3CCCCC3)n2)cc1)Nc1cccc(C(F)(F)F)c1. The highest BCUT2D eigenvalue weighted by atomic mass is 19.4. The van der Waals surface area contributed by atoms with E-state index in [2.05, 4.69) is 10.6 Å². The minimum atomic E-state index is -4.46. The summed E-state index contributed by atoms with van der Waals surface area (Å²) in [6, 6.07) is 13.5. The fourth-order valence-electron chi connectivity index (χ4n) is 3.83. The summed E-state index contributed by atoms with van der Waals surface area (Å²) in [6.45, 7) is 0. The summed E-state index contributed by atoms with van der Waals surface area (Å²) in [7, 11) is 0. The first-order chi connectivity index (χ1) is 14.9. The van der Waals surface area contributed by atoms with Crippen molar-refractivity contribution in [1.82, 2.24) is 9.78 Å². The van der Waals surface area contributed by atoms with Crippen LogP contribution in [0.2, 0.25) is 0 Å². The number of nitrogens with one attached hydrogen (secondary N) is 2. The van der Waals surface area contributed by atoms with Gasteiger partial charge in [-0.3, -0.25) is 4.68 Å². The van der Waals surface area contributed by atoms with Gasteiger partial charge in [0.2, 0.25) is 0 Å². The molecule has 4 rings (SSSR count). The van der Waals surface area contributed by atoms with Crippen molar-refractivity contribution in [3.63, 3.8) is 0 Å². The quantitative estimate of drug-likeness (QED) is 0.485. The van der Waals surface area contributed by atoms with E-state index in [9.17, 15) is 18.0 Å². The molecule has 8 heteroatoms. The lowest BCUT2D eigenvalue weighted by atomic mass is 9.96. The Kier molecular flexibility index (Phi) is 5.97. The number of amides is 2. The molecule has 31 heavy (non-hydrogen) atoms. The number of anilines is 2. The van der Waals surface area contributed by atoms with E-state index in [0.29, 0.717) is 11.7 Å². The maximum Gasteiger partial charge on any atom is 0.416 e. The van der Waals surface area contributed by atoms with Crippen molar-refractivity contribution in [3.8, 4) is 11.3 Å². The monoisotopic (exact) mass is 428 g/mol. The summed E-state index contributed by atoms with van der Waals surface area (Å²) in [5.74, 6) is 0. The van der Waals surface area contributed by atoms with Crippen molar-refractivity contribution >= 4 is 17.4 Å². The van der Waals surface area contributed by atoms with Gasteiger partial charge in [0.1, 0.15) is 0 Å². The van der Waals surface area contributed by atoms with Gasteiger partial charge in [-0.25, -0.2) is 4.79 Å². The molecule has 1 aliphatic rings. The van der Waals surface area contributed by atoms with Crippen LogP contribution >= 0.6 is 0 Å². The van der Waals surface area contributed by atoms with Gasteiger partial charge in [-0.15, -0.1) is 0 Å². The molecule has 0 spiro atoms. The van der Waals surface area contributed by atoms with Crippen LogP contribution in [0.1, 0.15) is 43.7 Å². The molecule has 0 radical (unpaired) electrons. The Hall–Kier alpha value is -3.29. The summed E-state index contributed by atoms with van der Waals surface area (Å²) in [5, 5.41) is 9.75. The minimum absolute atomic E-state index is 0.0668. The van der Waals surface area contributed by atoms with Gasteiger partial charge >= 0.3 is 12.2 Å². The second-order valence-corrected chi connectivity index (χ2v) is 7.71. The largest absolute Gasteiger partial charge is 0.416 e. The van der Waals surface area contributed by atoms with Crippen LogP contribution < -0.4 is 10.6 Å². The smallest absolute Gasteiger partial charge is 0.308 e. The third-order valence-electron chi connectivity index (χ3n) is 5.44. The van der Waals surface area contributed by atoms with Crippen LogP contribution in [0.25, 0.3) is 11.3 Å². The first kappa shape index (κ1) is 21.0. The van der Waals surface area contributed by atoms with Gasteiger partial charge < -0.3 is 10.6 Å². The maximum atomic E-state index is 12.8. The fourth-order valence-corrected chi connectivity index (χ4v) is 3.83. The number of halogens is 3. The van der Waals surface area contributed by atoms with Gasteiger partial charge in [-0.2, -0.15) is 18.3 Å². The first-order valence-corrected chi connectivity index (χ1v) is 10.3. The van der Waals surface area contributed by atoms with E-state index in [4.69, 9.17) is 5.10 Å². The summed E-state index contributed by atoms with van der Waals surface area (Å²) in [5.41, 5.74) is 1.57. The Morgan fingerprint density at radius 1 is 0.935 bits per heavy atom. The molecular weight excluding hydrogens is 405 g/mol. The van der Waals surface area contributed by atoms with E-state index < -0.39 is 17.8 Å². The Balaban J connectivity index is 1.37. The molecule has 0 atom stereocenters. The molecule has 0 aliphatic heterocycles. The highest BCUT2D eigenvalue weighted by Crippen LogP contribution is 2.31. The summed E-state index contributed by atoms with van der Waals surface area (Å²) < 4.78 is 40.5. The maximum absolute atomic E-state index is 12.8. The van der Waals surface area contributed by atoms with Crippen molar-refractivity contribution in [2.24, 2.45) is 0 Å². The predicted octanol–water partition coefficient (Wildman–Crippen LogP) is 6.72. The molecule has 1 aromatic heterocycles. The summed E-state index contributed by atoms with van der Waals surface area (Å²) >= 11 is 0. The Morgan fingerprint density at radius 2 is 1.65 bits per heavy atom. The third kappa shape index (κ3) is 5.25. The van der Waals surface area contributed by atoms with Crippen LogP contribution in [0.15, 0.2) is 60.8 Å². The third-order valence-corrected chi connectivity index (χ3v) is 5.44. The molecule has 0 saturated heterocycles. The van der Waals surface area contributed by atoms with Crippen LogP contribution in [0.4, 0.5) is 29.3 Å². The highest BCUT2D eigenvalue weighted by molar-refractivity contribution is 5.99. The molecule has 2 aromatic carbocycles. The molecule has 2 amide bonds. The fraction of sp³-hybridized carbons (Fsp3) is 0.304. The lowest BCUT2D eigenvalue weighted by Gasteiger charge is -2.21. The second-order valence-electron chi connectivity index (χ2n) is 7.71. The van der Waals surface area contributed by atoms with E-state index >= 15 is 0 Å². The van der Waals surface area contributed by atoms with Gasteiger partial charge in [0, 0.05) is 23.1 Å². The number of carbonyl (C=O) groups is 1. The van der Waals surface area contributed by atoms with Crippen molar-refractivity contribution < 1.29 is 18.0 Å². The Labute approximate surface area is 178 Å². The molecule has 0 bridgehead atoms. The number of hydrogen-bond acceptors (Lipinski definition) is 2. The standard InChI is InChI=1S/C23H23F3N4O/c24-23(25,26)17-5-4-6-19(15-17)28-22(31)27-18-11-9-16(10-12-18)21-13-14-30(29-21)20-7-2-1-3-8-20/h4-6,9-15,20H,1-3,7-8H2,(H2,27,28,31). The lowest BCUT2D eigenvalue weighted by molar-refractivity contribution is -0.137. The van der Waals surface area contributed by atoms with Crippen LogP contribution in [0.5, 0.6) is 0 Å². The Morgan fingerprint density at radius 3 is 2.35 bits per heavy atom. The van der Waals surface area contributed by atoms with Crippen LogP contribution in [-0.2, 0) is 6.18 Å². The van der Waals surface area contributed by atoms with Gasteiger partial charge in [0.25, 0.3) is 0 Å². The zero-order chi connectivity index (χ0) is 21.8. The summed E-state index contributed by atoms with van der Waals surface area (Å²) in [4.78, 5) is 12.2. The highest BCUT2D eigenvalue weighted by Gasteiger charge is 2.30. The number of rotatable bonds is 4. The zero-order valence-corrected chi connectivity index (χ0v) is 16.8. The number of urea groups is 1. The average Bonchev–Trinajstić information content (AvgIpc) is 3.25. The first-order valence-electron chi connectivity index (χ1n) is 10.3. The average molecular weight is 428 g/mol. The van der Waals surface area contributed by atoms with Crippen molar-refractivity contribution in [1.29, 1.82) is 0 Å². The van der Waals surface area contributed by atoms with Crippen LogP contribution in [0.3, 0.4) is 0 Å². The predicted molar refractivity (Wildman–Crippen MR) is 114 cm³/mol. The minimum Gasteiger partial charge on any atom is -0.308 e. The van der Waals surface area contributed by atoms with Gasteiger partial charge in [-0.05, 0) is 49.2 Å². The zero-order valence-electron chi connectivity index (χ0n) is 16.8. The number of alkyl halides is 3. The molecule has 1 saturated carbocycles. The van der Waals surface area contributed by atoms with E-state index in [1.807, 2.05) is 29.1 Å². The van der Waals surface area contributed by atoms with Crippen molar-refractivity contribution in [2.45, 2.75) is 44.3 Å². The second kappa shape index (κ2) is 8.83. The van der Waals surface area contributed by atoms with Crippen molar-refractivity contribution in [3.05, 3.63) is 66.4 Å². The molecule has 1 aliphatic carbocycles. The van der Waals surface area contributed by atoms with Crippen LogP contribution in [-0.4, -0.2) is 15.8 Å². The molecule has 162 valence electrons. The normalized spacial score (nSPS) is 14.9. The van der Waals surface area contributed by atoms with E-state index in [1.165, 1.54) is 31.4 Å². The topological polar surface area (TPSA) is 59.0 Å². The lowest BCUT2D eigenvalue weighted by Crippen LogP contribution is -2.19. The van der Waals surface area contributed by atoms with Gasteiger partial charge in [-0.1, -0.05) is 37.5 Å². The molecule has 1 fully saturated rings.